The minimum absolute atomic E-state index is 0.0407. The highest BCUT2D eigenvalue weighted by Gasteiger charge is 2.32. The number of carbonyl (C=O) groups is 1. The number of likely N-dealkylation sites (N-methyl/N-ethyl adjacent to an activating group) is 1. The molecule has 0 unspecified atom stereocenters. The normalized spacial score (nSPS) is 26.9. The smallest absolute Gasteiger partial charge is 0.234 e. The highest BCUT2D eigenvalue weighted by molar-refractivity contribution is 7.13. The largest absolute Gasteiger partial charge is 0.381 e. The Kier molecular flexibility index (Phi) is 4.84. The lowest BCUT2D eigenvalue weighted by Crippen LogP contribution is -2.49. The molecule has 0 radical (unpaired) electrons. The van der Waals surface area contributed by atoms with E-state index in [9.17, 15) is 4.79 Å². The van der Waals surface area contributed by atoms with Gasteiger partial charge in [0.2, 0.25) is 5.91 Å². The van der Waals surface area contributed by atoms with Gasteiger partial charge in [-0.2, -0.15) is 0 Å². The minimum atomic E-state index is -0.0461. The molecule has 0 N–H and O–H groups in total. The molecule has 2 saturated heterocycles. The highest BCUT2D eigenvalue weighted by atomic mass is 32.1. The Labute approximate surface area is 128 Å². The molecule has 0 aliphatic carbocycles. The molecule has 0 saturated carbocycles. The number of carbonyl (C=O) groups excluding carboxylic acids is 1. The van der Waals surface area contributed by atoms with Gasteiger partial charge < -0.3 is 14.4 Å². The van der Waals surface area contributed by atoms with Crippen LogP contribution in [0.3, 0.4) is 0 Å². The number of hydrogen-bond acceptors (Lipinski definition) is 6. The van der Waals surface area contributed by atoms with Crippen molar-refractivity contribution >= 4 is 22.4 Å². The van der Waals surface area contributed by atoms with Gasteiger partial charge in [-0.05, 0) is 13.5 Å². The van der Waals surface area contributed by atoms with Crippen molar-refractivity contribution < 1.29 is 14.3 Å². The molecule has 2 fully saturated rings. The van der Waals surface area contributed by atoms with Crippen LogP contribution in [0, 0.1) is 5.92 Å². The van der Waals surface area contributed by atoms with Crippen LogP contribution < -0.4 is 4.90 Å². The van der Waals surface area contributed by atoms with E-state index in [4.69, 9.17) is 9.47 Å². The van der Waals surface area contributed by atoms with Crippen molar-refractivity contribution in [3.63, 3.8) is 0 Å². The van der Waals surface area contributed by atoms with Gasteiger partial charge in [0.1, 0.15) is 0 Å². The fraction of sp³-hybridized carbons (Fsp3) is 0.714. The van der Waals surface area contributed by atoms with E-state index in [0.717, 1.165) is 24.6 Å². The van der Waals surface area contributed by atoms with Crippen molar-refractivity contribution in [2.75, 3.05) is 51.4 Å². The first-order valence-corrected chi connectivity index (χ1v) is 8.21. The minimum Gasteiger partial charge on any atom is -0.381 e. The maximum atomic E-state index is 12.7. The van der Waals surface area contributed by atoms with Crippen molar-refractivity contribution in [2.24, 2.45) is 5.92 Å². The second-order valence-corrected chi connectivity index (χ2v) is 6.45. The summed E-state index contributed by atoms with van der Waals surface area (Å²) in [5.41, 5.74) is 0. The number of thiazole rings is 1. The van der Waals surface area contributed by atoms with E-state index in [2.05, 4.69) is 16.9 Å². The van der Waals surface area contributed by atoms with Crippen molar-refractivity contribution in [1.82, 2.24) is 9.88 Å². The number of nitrogens with zero attached hydrogens (tertiary/aromatic N) is 3. The molecule has 6 nitrogen and oxygen atoms in total. The predicted octanol–water partition coefficient (Wildman–Crippen LogP) is 0.843. The van der Waals surface area contributed by atoms with Crippen molar-refractivity contribution in [2.45, 2.75) is 12.5 Å². The van der Waals surface area contributed by atoms with Crippen molar-refractivity contribution in [1.29, 1.82) is 0 Å². The lowest BCUT2D eigenvalue weighted by molar-refractivity contribution is -0.123. The molecular weight excluding hydrogens is 290 g/mol. The lowest BCUT2D eigenvalue weighted by atomic mass is 10.1. The number of anilines is 1. The van der Waals surface area contributed by atoms with E-state index in [0.29, 0.717) is 26.4 Å². The zero-order valence-corrected chi connectivity index (χ0v) is 13.1. The third kappa shape index (κ3) is 3.60. The summed E-state index contributed by atoms with van der Waals surface area (Å²) in [7, 11) is 2.08. The summed E-state index contributed by atoms with van der Waals surface area (Å²) < 4.78 is 11.1. The Morgan fingerprint density at radius 3 is 3.14 bits per heavy atom. The van der Waals surface area contributed by atoms with Gasteiger partial charge in [-0.15, -0.1) is 11.3 Å². The Balaban J connectivity index is 1.71. The number of morpholine rings is 1. The van der Waals surface area contributed by atoms with Gasteiger partial charge in [-0.1, -0.05) is 0 Å². The zero-order valence-electron chi connectivity index (χ0n) is 12.2. The number of rotatable bonds is 4. The Bertz CT molecular complexity index is 462. The number of aromatic nitrogens is 1. The van der Waals surface area contributed by atoms with E-state index in [1.807, 2.05) is 5.38 Å². The number of amides is 1. The first kappa shape index (κ1) is 14.9. The van der Waals surface area contributed by atoms with Crippen molar-refractivity contribution in [3.05, 3.63) is 11.6 Å². The summed E-state index contributed by atoms with van der Waals surface area (Å²) in [6, 6.07) is 0. The first-order chi connectivity index (χ1) is 10.2. The third-order valence-electron chi connectivity index (χ3n) is 3.92. The SMILES string of the molecule is CN1CCO[C@@H](CN(C(=O)[C@@H]2CCOC2)c2nccs2)C1. The first-order valence-electron chi connectivity index (χ1n) is 7.33. The Hall–Kier alpha value is -1.02. The summed E-state index contributed by atoms with van der Waals surface area (Å²) in [5, 5.41) is 2.65. The number of hydrogen-bond donors (Lipinski definition) is 0. The summed E-state index contributed by atoms with van der Waals surface area (Å²) in [6.07, 6.45) is 2.57. The maximum absolute atomic E-state index is 12.7. The average Bonchev–Trinajstić information content (AvgIpc) is 3.17. The Morgan fingerprint density at radius 1 is 1.57 bits per heavy atom. The summed E-state index contributed by atoms with van der Waals surface area (Å²) in [4.78, 5) is 21.1. The molecule has 3 heterocycles. The predicted molar refractivity (Wildman–Crippen MR) is 80.6 cm³/mol. The molecule has 2 atom stereocenters. The van der Waals surface area contributed by atoms with Crippen LogP contribution in [0.2, 0.25) is 0 Å². The third-order valence-corrected chi connectivity index (χ3v) is 4.72. The van der Waals surface area contributed by atoms with E-state index >= 15 is 0 Å². The summed E-state index contributed by atoms with van der Waals surface area (Å²) in [6.45, 7) is 4.26. The quantitative estimate of drug-likeness (QED) is 0.825. The lowest BCUT2D eigenvalue weighted by Gasteiger charge is -2.33. The maximum Gasteiger partial charge on any atom is 0.234 e. The van der Waals surface area contributed by atoms with Crippen LogP contribution in [0.4, 0.5) is 5.13 Å². The highest BCUT2D eigenvalue weighted by Crippen LogP contribution is 2.24. The monoisotopic (exact) mass is 311 g/mol. The van der Waals surface area contributed by atoms with Gasteiger partial charge in [0.15, 0.2) is 5.13 Å². The Morgan fingerprint density at radius 2 is 2.48 bits per heavy atom. The fourth-order valence-corrected chi connectivity index (χ4v) is 3.40. The molecule has 0 aromatic carbocycles. The van der Waals surface area contributed by atoms with Gasteiger partial charge >= 0.3 is 0 Å². The summed E-state index contributed by atoms with van der Waals surface area (Å²) in [5.74, 6) is 0.0643. The van der Waals surface area contributed by atoms with Gasteiger partial charge in [0.25, 0.3) is 0 Å². The molecule has 2 aliphatic heterocycles. The standard InChI is InChI=1S/C14H21N3O3S/c1-16-4-6-20-12(8-16)9-17(14-15-3-7-21-14)13(18)11-2-5-19-10-11/h3,7,11-12H,2,4-6,8-10H2,1H3/t11-,12-/m1/s1. The molecule has 21 heavy (non-hydrogen) atoms. The van der Waals surface area contributed by atoms with Crippen LogP contribution in [-0.4, -0.2) is 68.4 Å². The van der Waals surface area contributed by atoms with Gasteiger partial charge in [0.05, 0.1) is 31.8 Å². The molecule has 0 bridgehead atoms. The van der Waals surface area contributed by atoms with E-state index in [-0.39, 0.29) is 17.9 Å². The zero-order chi connectivity index (χ0) is 14.7. The second kappa shape index (κ2) is 6.83. The average molecular weight is 311 g/mol. The molecule has 1 aromatic heterocycles. The molecular formula is C14H21N3O3S. The van der Waals surface area contributed by atoms with E-state index in [1.165, 1.54) is 11.3 Å². The second-order valence-electron chi connectivity index (χ2n) is 5.58. The van der Waals surface area contributed by atoms with Crippen LogP contribution in [0.5, 0.6) is 0 Å². The fourth-order valence-electron chi connectivity index (χ4n) is 2.74. The molecule has 2 aliphatic rings. The van der Waals surface area contributed by atoms with Crippen LogP contribution in [-0.2, 0) is 14.3 Å². The van der Waals surface area contributed by atoms with Crippen LogP contribution in [0.25, 0.3) is 0 Å². The molecule has 116 valence electrons. The molecule has 1 amide bonds. The van der Waals surface area contributed by atoms with Crippen molar-refractivity contribution in [3.8, 4) is 0 Å². The molecule has 0 spiro atoms. The van der Waals surface area contributed by atoms with E-state index < -0.39 is 0 Å². The topological polar surface area (TPSA) is 54.9 Å². The molecule has 3 rings (SSSR count). The van der Waals surface area contributed by atoms with Gasteiger partial charge in [-0.3, -0.25) is 9.69 Å². The van der Waals surface area contributed by atoms with Crippen LogP contribution >= 0.6 is 11.3 Å². The van der Waals surface area contributed by atoms with Crippen LogP contribution in [0.15, 0.2) is 11.6 Å². The van der Waals surface area contributed by atoms with E-state index in [1.54, 1.807) is 11.1 Å². The molecule has 7 heteroatoms. The van der Waals surface area contributed by atoms with Gasteiger partial charge in [0, 0.05) is 31.3 Å². The molecule has 1 aromatic rings. The number of ether oxygens (including phenoxy) is 2. The van der Waals surface area contributed by atoms with Crippen LogP contribution in [0.1, 0.15) is 6.42 Å². The summed E-state index contributed by atoms with van der Waals surface area (Å²) >= 11 is 1.49. The van der Waals surface area contributed by atoms with Gasteiger partial charge in [-0.25, -0.2) is 4.98 Å².